The van der Waals surface area contributed by atoms with Crippen LogP contribution in [0.25, 0.3) is 0 Å². The molecule has 0 N–H and O–H groups in total. The summed E-state index contributed by atoms with van der Waals surface area (Å²) in [5.74, 6) is -1.17. The van der Waals surface area contributed by atoms with Gasteiger partial charge in [-0.3, -0.25) is 4.79 Å². The van der Waals surface area contributed by atoms with E-state index in [0.717, 1.165) is 19.3 Å². The van der Waals surface area contributed by atoms with Gasteiger partial charge in [-0.2, -0.15) is 4.31 Å². The molecule has 1 aromatic carbocycles. The number of sulfonamides is 1. The Bertz CT molecular complexity index is 721. The lowest BCUT2D eigenvalue weighted by molar-refractivity contribution is -0.160. The number of ether oxygens (including phenoxy) is 2. The molecule has 0 aromatic heterocycles. The smallest absolute Gasteiger partial charge is 0.344 e. The van der Waals surface area contributed by atoms with Gasteiger partial charge in [0.2, 0.25) is 10.0 Å². The third-order valence-electron chi connectivity index (χ3n) is 3.94. The van der Waals surface area contributed by atoms with E-state index in [1.54, 1.807) is 26.0 Å². The predicted octanol–water partition coefficient (Wildman–Crippen LogP) is 1.90. The molecule has 0 saturated carbocycles. The molecule has 0 unspecified atom stereocenters. The number of carbonyl (C=O) groups is 2. The van der Waals surface area contributed by atoms with E-state index in [4.69, 9.17) is 9.47 Å². The first-order valence-electron chi connectivity index (χ1n) is 8.73. The molecule has 1 fully saturated rings. The van der Waals surface area contributed by atoms with E-state index in [9.17, 15) is 18.0 Å². The fourth-order valence-electron chi connectivity index (χ4n) is 2.69. The summed E-state index contributed by atoms with van der Waals surface area (Å²) in [6, 6.07) is 6.17. The molecule has 1 aromatic rings. The number of nitrogens with zero attached hydrogens (tertiary/aromatic N) is 1. The quantitative estimate of drug-likeness (QED) is 0.668. The average molecular weight is 383 g/mol. The number of rotatable bonds is 7. The maximum Gasteiger partial charge on any atom is 0.344 e. The van der Waals surface area contributed by atoms with Crippen LogP contribution in [0.3, 0.4) is 0 Å². The first-order valence-corrected chi connectivity index (χ1v) is 10.2. The van der Waals surface area contributed by atoms with Gasteiger partial charge in [-0.05, 0) is 44.4 Å². The normalized spacial score (nSPS) is 15.7. The molecule has 2 rings (SSSR count). The van der Waals surface area contributed by atoms with Crippen LogP contribution >= 0.6 is 0 Å². The maximum atomic E-state index is 12.6. The number of piperidine rings is 1. The summed E-state index contributed by atoms with van der Waals surface area (Å²) in [6.07, 6.45) is 2.50. The highest BCUT2D eigenvalue weighted by Crippen LogP contribution is 2.21. The maximum absolute atomic E-state index is 12.6. The molecule has 1 heterocycles. The van der Waals surface area contributed by atoms with Gasteiger partial charge in [-0.25, -0.2) is 13.2 Å². The molecule has 0 spiro atoms. The van der Waals surface area contributed by atoms with Crippen LogP contribution in [-0.4, -0.2) is 50.5 Å². The lowest BCUT2D eigenvalue weighted by Gasteiger charge is -2.25. The van der Waals surface area contributed by atoms with Crippen LogP contribution in [0.1, 0.15) is 38.7 Å². The Labute approximate surface area is 154 Å². The second-order valence-electron chi connectivity index (χ2n) is 6.48. The Morgan fingerprint density at radius 1 is 1.04 bits per heavy atom. The topological polar surface area (TPSA) is 90.0 Å². The Morgan fingerprint density at radius 2 is 1.65 bits per heavy atom. The van der Waals surface area contributed by atoms with E-state index in [1.807, 2.05) is 0 Å². The fraction of sp³-hybridized carbons (Fsp3) is 0.556. The highest BCUT2D eigenvalue weighted by Gasteiger charge is 2.25. The van der Waals surface area contributed by atoms with Gasteiger partial charge in [0.25, 0.3) is 0 Å². The summed E-state index contributed by atoms with van der Waals surface area (Å²) in [6.45, 7) is 4.07. The first kappa shape index (κ1) is 20.4. The molecule has 0 aliphatic carbocycles. The van der Waals surface area contributed by atoms with E-state index in [1.165, 1.54) is 16.4 Å². The SMILES string of the molecule is CC(C)OC(=O)COC(=O)Cc1ccc(S(=O)(=O)N2CCCCC2)cc1. The number of benzene rings is 1. The van der Waals surface area contributed by atoms with Crippen molar-refractivity contribution in [1.82, 2.24) is 4.31 Å². The van der Waals surface area contributed by atoms with Crippen molar-refractivity contribution in [2.45, 2.75) is 50.5 Å². The minimum Gasteiger partial charge on any atom is -0.460 e. The predicted molar refractivity (Wildman–Crippen MR) is 94.9 cm³/mol. The van der Waals surface area contributed by atoms with Crippen molar-refractivity contribution in [2.75, 3.05) is 19.7 Å². The fourth-order valence-corrected chi connectivity index (χ4v) is 4.20. The Hall–Kier alpha value is -1.93. The third-order valence-corrected chi connectivity index (χ3v) is 5.86. The van der Waals surface area contributed by atoms with Crippen LogP contribution in [0.2, 0.25) is 0 Å². The molecular formula is C18H25NO6S. The highest BCUT2D eigenvalue weighted by molar-refractivity contribution is 7.89. The monoisotopic (exact) mass is 383 g/mol. The van der Waals surface area contributed by atoms with Crippen molar-refractivity contribution in [2.24, 2.45) is 0 Å². The van der Waals surface area contributed by atoms with E-state index < -0.39 is 28.6 Å². The molecule has 144 valence electrons. The molecule has 26 heavy (non-hydrogen) atoms. The van der Waals surface area contributed by atoms with Gasteiger partial charge in [0, 0.05) is 13.1 Å². The van der Waals surface area contributed by atoms with Crippen molar-refractivity contribution in [1.29, 1.82) is 0 Å². The average Bonchev–Trinajstić information content (AvgIpc) is 2.61. The summed E-state index contributed by atoms with van der Waals surface area (Å²) in [7, 11) is -3.48. The van der Waals surface area contributed by atoms with Crippen molar-refractivity contribution >= 4 is 22.0 Å². The number of hydrogen-bond acceptors (Lipinski definition) is 6. The van der Waals surface area contributed by atoms with Gasteiger partial charge < -0.3 is 9.47 Å². The summed E-state index contributed by atoms with van der Waals surface area (Å²) >= 11 is 0. The number of esters is 2. The third kappa shape index (κ3) is 5.81. The van der Waals surface area contributed by atoms with Crippen LogP contribution in [0.5, 0.6) is 0 Å². The zero-order valence-corrected chi connectivity index (χ0v) is 16.0. The van der Waals surface area contributed by atoms with E-state index >= 15 is 0 Å². The second-order valence-corrected chi connectivity index (χ2v) is 8.42. The first-order chi connectivity index (χ1) is 12.3. The van der Waals surface area contributed by atoms with Gasteiger partial charge in [0.05, 0.1) is 17.4 Å². The molecule has 1 saturated heterocycles. The molecule has 1 aliphatic rings. The zero-order valence-electron chi connectivity index (χ0n) is 15.1. The van der Waals surface area contributed by atoms with Crippen LogP contribution in [-0.2, 0) is 35.5 Å². The van der Waals surface area contributed by atoms with Gasteiger partial charge in [-0.15, -0.1) is 0 Å². The van der Waals surface area contributed by atoms with Crippen LogP contribution in [0.4, 0.5) is 0 Å². The molecule has 8 heteroatoms. The van der Waals surface area contributed by atoms with E-state index in [2.05, 4.69) is 0 Å². The minimum absolute atomic E-state index is 0.0427. The van der Waals surface area contributed by atoms with Crippen LogP contribution in [0.15, 0.2) is 29.2 Å². The second kappa shape index (κ2) is 9.14. The zero-order chi connectivity index (χ0) is 19.2. The molecule has 0 bridgehead atoms. The Morgan fingerprint density at radius 3 is 2.23 bits per heavy atom. The van der Waals surface area contributed by atoms with Crippen molar-refractivity contribution in [3.05, 3.63) is 29.8 Å². The Balaban J connectivity index is 1.90. The molecule has 0 radical (unpaired) electrons. The van der Waals surface area contributed by atoms with Crippen molar-refractivity contribution in [3.63, 3.8) is 0 Å². The van der Waals surface area contributed by atoms with Crippen molar-refractivity contribution < 1.29 is 27.5 Å². The van der Waals surface area contributed by atoms with Crippen LogP contribution < -0.4 is 0 Å². The number of hydrogen-bond donors (Lipinski definition) is 0. The van der Waals surface area contributed by atoms with Crippen molar-refractivity contribution in [3.8, 4) is 0 Å². The standard InChI is InChI=1S/C18H25NO6S/c1-14(2)25-18(21)13-24-17(20)12-15-6-8-16(9-7-15)26(22,23)19-10-4-3-5-11-19/h6-9,14H,3-5,10-13H2,1-2H3. The van der Waals surface area contributed by atoms with Gasteiger partial charge in [-0.1, -0.05) is 18.6 Å². The molecule has 7 nitrogen and oxygen atoms in total. The largest absolute Gasteiger partial charge is 0.460 e. The lowest BCUT2D eigenvalue weighted by atomic mass is 10.1. The molecule has 0 amide bonds. The van der Waals surface area contributed by atoms with E-state index in [0.29, 0.717) is 18.7 Å². The number of carbonyl (C=O) groups excluding carboxylic acids is 2. The molecule has 0 atom stereocenters. The van der Waals surface area contributed by atoms with Gasteiger partial charge >= 0.3 is 11.9 Å². The summed E-state index contributed by atoms with van der Waals surface area (Å²) in [5.41, 5.74) is 0.616. The lowest BCUT2D eigenvalue weighted by Crippen LogP contribution is -2.35. The summed E-state index contributed by atoms with van der Waals surface area (Å²) < 4.78 is 36.4. The van der Waals surface area contributed by atoms with Crippen LogP contribution in [0, 0.1) is 0 Å². The summed E-state index contributed by atoms with van der Waals surface area (Å²) in [4.78, 5) is 23.3. The van der Waals surface area contributed by atoms with E-state index in [-0.39, 0.29) is 17.4 Å². The molecular weight excluding hydrogens is 358 g/mol. The Kier molecular flexibility index (Phi) is 7.16. The summed E-state index contributed by atoms with van der Waals surface area (Å²) in [5, 5.41) is 0. The molecule has 1 aliphatic heterocycles. The minimum atomic E-state index is -3.48. The van der Waals surface area contributed by atoms with Gasteiger partial charge in [0.1, 0.15) is 0 Å². The van der Waals surface area contributed by atoms with Gasteiger partial charge in [0.15, 0.2) is 6.61 Å². The highest BCUT2D eigenvalue weighted by atomic mass is 32.2.